The van der Waals surface area contributed by atoms with Gasteiger partial charge in [0.25, 0.3) is 0 Å². The molecule has 68 valence electrons. The second kappa shape index (κ2) is 5.54. The smallest absolute Gasteiger partial charge is 0.373 e. The third kappa shape index (κ3) is 3.92. The van der Waals surface area contributed by atoms with Crippen LogP contribution in [0.2, 0.25) is 0 Å². The number of carboxylic acids is 1. The number of amidine groups is 2. The number of hydrogen-bond acceptors (Lipinski definition) is 2. The van der Waals surface area contributed by atoms with Crippen molar-refractivity contribution in [3.05, 3.63) is 0 Å². The van der Waals surface area contributed by atoms with Gasteiger partial charge in [0.05, 0.1) is 0 Å². The lowest BCUT2D eigenvalue weighted by Crippen LogP contribution is -2.18. The SMILES string of the molecule is CCC(N)=NC(=NCCl)C(=O)O. The van der Waals surface area contributed by atoms with Gasteiger partial charge in [-0.15, -0.1) is 11.6 Å². The Balaban J connectivity index is 4.55. The molecule has 0 saturated heterocycles. The van der Waals surface area contributed by atoms with E-state index in [0.717, 1.165) is 0 Å². The molecule has 0 bridgehead atoms. The molecule has 0 aromatic rings. The fraction of sp³-hybridized carbons (Fsp3) is 0.500. The summed E-state index contributed by atoms with van der Waals surface area (Å²) < 4.78 is 0. The van der Waals surface area contributed by atoms with E-state index in [4.69, 9.17) is 22.4 Å². The molecule has 0 aromatic heterocycles. The normalized spacial score (nSPS) is 13.2. The minimum atomic E-state index is -1.23. The average Bonchev–Trinajstić information content (AvgIpc) is 2.03. The summed E-state index contributed by atoms with van der Waals surface area (Å²) in [6.07, 6.45) is 0.481. The van der Waals surface area contributed by atoms with E-state index in [-0.39, 0.29) is 17.7 Å². The Bertz CT molecular complexity index is 225. The molecule has 0 amide bonds. The molecule has 0 aliphatic rings. The predicted molar refractivity (Wildman–Crippen MR) is 47.7 cm³/mol. The Kier molecular flexibility index (Phi) is 5.03. The molecule has 0 fully saturated rings. The first-order valence-electron chi connectivity index (χ1n) is 3.28. The number of nitrogens with two attached hydrogens (primary N) is 1. The number of carbonyl (C=O) groups is 1. The Hall–Kier alpha value is -1.10. The molecule has 5 nitrogen and oxygen atoms in total. The molecule has 6 heteroatoms. The van der Waals surface area contributed by atoms with Crippen LogP contribution in [0, 0.1) is 0 Å². The standard InChI is InChI=1S/C6H10ClN3O2/c1-2-4(8)10-5(6(11)12)9-3-7/h2-3H2,1H3,(H,11,12)(H2,8,9,10). The van der Waals surface area contributed by atoms with Crippen molar-refractivity contribution in [1.82, 2.24) is 0 Å². The molecule has 3 N–H and O–H groups in total. The van der Waals surface area contributed by atoms with Crippen molar-refractivity contribution in [3.63, 3.8) is 0 Å². The van der Waals surface area contributed by atoms with Crippen molar-refractivity contribution in [1.29, 1.82) is 0 Å². The number of carboxylic acid groups (broad SMARTS) is 1. The van der Waals surface area contributed by atoms with Gasteiger partial charge in [-0.2, -0.15) is 0 Å². The van der Waals surface area contributed by atoms with E-state index in [0.29, 0.717) is 6.42 Å². The molecular weight excluding hydrogens is 182 g/mol. The maximum Gasteiger partial charge on any atom is 0.373 e. The molecule has 0 atom stereocenters. The Morgan fingerprint density at radius 2 is 2.25 bits per heavy atom. The van der Waals surface area contributed by atoms with Crippen LogP contribution in [-0.2, 0) is 4.79 Å². The van der Waals surface area contributed by atoms with Gasteiger partial charge >= 0.3 is 5.97 Å². The summed E-state index contributed by atoms with van der Waals surface area (Å²) in [4.78, 5) is 17.4. The maximum absolute atomic E-state index is 10.4. The summed E-state index contributed by atoms with van der Waals surface area (Å²) in [7, 11) is 0. The molecule has 0 saturated carbocycles. The number of alkyl halides is 1. The van der Waals surface area contributed by atoms with Crippen molar-refractivity contribution >= 4 is 29.2 Å². The number of aliphatic imine (C=N–C) groups is 2. The highest BCUT2D eigenvalue weighted by molar-refractivity contribution is 6.37. The summed E-state index contributed by atoms with van der Waals surface area (Å²) in [6, 6.07) is -0.137. The first-order valence-corrected chi connectivity index (χ1v) is 3.82. The quantitative estimate of drug-likeness (QED) is 0.287. The van der Waals surface area contributed by atoms with Crippen molar-refractivity contribution < 1.29 is 9.90 Å². The number of nitrogens with zero attached hydrogens (tertiary/aromatic N) is 2. The second-order valence-electron chi connectivity index (χ2n) is 1.86. The minimum Gasteiger partial charge on any atom is -0.475 e. The lowest BCUT2D eigenvalue weighted by atomic mass is 10.4. The van der Waals surface area contributed by atoms with Gasteiger partial charge in [0.1, 0.15) is 11.8 Å². The fourth-order valence-corrected chi connectivity index (χ4v) is 0.536. The van der Waals surface area contributed by atoms with E-state index in [1.54, 1.807) is 6.92 Å². The van der Waals surface area contributed by atoms with E-state index < -0.39 is 5.97 Å². The van der Waals surface area contributed by atoms with Crippen molar-refractivity contribution in [2.24, 2.45) is 15.7 Å². The van der Waals surface area contributed by atoms with Crippen LogP contribution >= 0.6 is 11.6 Å². The van der Waals surface area contributed by atoms with E-state index in [1.807, 2.05) is 0 Å². The first-order chi connectivity index (χ1) is 5.61. The predicted octanol–water partition coefficient (Wildman–Crippen LogP) is 0.433. The molecule has 0 aliphatic heterocycles. The molecule has 0 aliphatic carbocycles. The largest absolute Gasteiger partial charge is 0.475 e. The van der Waals surface area contributed by atoms with Gasteiger partial charge in [-0.3, -0.25) is 0 Å². The monoisotopic (exact) mass is 191 g/mol. The van der Waals surface area contributed by atoms with E-state index in [9.17, 15) is 4.79 Å². The Morgan fingerprint density at radius 1 is 1.67 bits per heavy atom. The highest BCUT2D eigenvalue weighted by Gasteiger charge is 2.06. The first kappa shape index (κ1) is 10.9. The van der Waals surface area contributed by atoms with Crippen LogP contribution in [0.25, 0.3) is 0 Å². The van der Waals surface area contributed by atoms with Gasteiger partial charge in [-0.25, -0.2) is 14.8 Å². The summed E-state index contributed by atoms with van der Waals surface area (Å²) >= 11 is 5.21. The zero-order chi connectivity index (χ0) is 9.56. The van der Waals surface area contributed by atoms with E-state index in [1.165, 1.54) is 0 Å². The number of aliphatic carboxylic acids is 1. The number of halogens is 1. The maximum atomic E-state index is 10.4. The van der Waals surface area contributed by atoms with Crippen LogP contribution in [0.3, 0.4) is 0 Å². The molecule has 0 rings (SSSR count). The summed E-state index contributed by atoms with van der Waals surface area (Å²) in [5.74, 6) is -1.36. The van der Waals surface area contributed by atoms with Crippen LogP contribution in [0.5, 0.6) is 0 Å². The Labute approximate surface area is 75.0 Å². The highest BCUT2D eigenvalue weighted by Crippen LogP contribution is 1.88. The van der Waals surface area contributed by atoms with Crippen molar-refractivity contribution in [2.75, 3.05) is 6.00 Å². The summed E-state index contributed by atoms with van der Waals surface area (Å²) in [5, 5.41) is 8.50. The lowest BCUT2D eigenvalue weighted by Gasteiger charge is -1.95. The molecule has 0 spiro atoms. The summed E-state index contributed by atoms with van der Waals surface area (Å²) in [6.45, 7) is 1.76. The minimum absolute atomic E-state index is 0.137. The molecule has 12 heavy (non-hydrogen) atoms. The molecule has 0 heterocycles. The van der Waals surface area contributed by atoms with Crippen LogP contribution < -0.4 is 5.73 Å². The van der Waals surface area contributed by atoms with Gasteiger partial charge in [-0.05, 0) is 0 Å². The topological polar surface area (TPSA) is 88.0 Å². The van der Waals surface area contributed by atoms with Crippen molar-refractivity contribution in [3.8, 4) is 0 Å². The fourth-order valence-electron chi connectivity index (χ4n) is 0.422. The number of rotatable bonds is 2. The van der Waals surface area contributed by atoms with Gasteiger partial charge in [0, 0.05) is 6.42 Å². The molecule has 0 aromatic carbocycles. The van der Waals surface area contributed by atoms with E-state index in [2.05, 4.69) is 9.98 Å². The third-order valence-corrected chi connectivity index (χ3v) is 1.13. The van der Waals surface area contributed by atoms with E-state index >= 15 is 0 Å². The van der Waals surface area contributed by atoms with Gasteiger partial charge in [0.2, 0.25) is 5.84 Å². The van der Waals surface area contributed by atoms with Crippen molar-refractivity contribution in [2.45, 2.75) is 13.3 Å². The second-order valence-corrected chi connectivity index (χ2v) is 2.10. The van der Waals surface area contributed by atoms with Crippen LogP contribution in [0.4, 0.5) is 0 Å². The Morgan fingerprint density at radius 3 is 2.58 bits per heavy atom. The average molecular weight is 192 g/mol. The van der Waals surface area contributed by atoms with Crippen LogP contribution in [-0.4, -0.2) is 28.8 Å². The summed E-state index contributed by atoms with van der Waals surface area (Å²) in [5.41, 5.74) is 5.30. The molecule has 0 radical (unpaired) electrons. The third-order valence-electron chi connectivity index (χ3n) is 1.01. The zero-order valence-electron chi connectivity index (χ0n) is 6.62. The highest BCUT2D eigenvalue weighted by atomic mass is 35.5. The molecule has 0 unspecified atom stereocenters. The zero-order valence-corrected chi connectivity index (χ0v) is 7.38. The van der Waals surface area contributed by atoms with Gasteiger partial charge in [-0.1, -0.05) is 6.92 Å². The van der Waals surface area contributed by atoms with Gasteiger partial charge in [0.15, 0.2) is 0 Å². The lowest BCUT2D eigenvalue weighted by molar-refractivity contribution is -0.129. The van der Waals surface area contributed by atoms with Crippen LogP contribution in [0.1, 0.15) is 13.3 Å². The van der Waals surface area contributed by atoms with Gasteiger partial charge < -0.3 is 10.8 Å². The molecular formula is C6H10ClN3O2. The number of hydrogen-bond donors (Lipinski definition) is 2. The van der Waals surface area contributed by atoms with Crippen LogP contribution in [0.15, 0.2) is 9.98 Å².